The largest absolute Gasteiger partial charge is 0.435 e. The van der Waals surface area contributed by atoms with Crippen molar-refractivity contribution in [3.8, 4) is 11.8 Å². The lowest BCUT2D eigenvalue weighted by Crippen LogP contribution is -2.40. The van der Waals surface area contributed by atoms with Crippen molar-refractivity contribution in [2.75, 3.05) is 0 Å². The van der Waals surface area contributed by atoms with Gasteiger partial charge in [0, 0.05) is 0 Å². The highest BCUT2D eigenvalue weighted by atomic mass is 19.3. The van der Waals surface area contributed by atoms with Crippen molar-refractivity contribution in [1.29, 1.82) is 5.26 Å². The number of nitriles is 1. The zero-order valence-corrected chi connectivity index (χ0v) is 8.08. The Morgan fingerprint density at radius 2 is 1.94 bits per heavy atom. The van der Waals surface area contributed by atoms with Gasteiger partial charge in [-0.15, -0.1) is 0 Å². The van der Waals surface area contributed by atoms with Crippen LogP contribution < -0.4 is 4.74 Å². The molecule has 0 fully saturated rings. The normalized spacial score (nSPS) is 13.2. The first-order chi connectivity index (χ1) is 7.86. The number of halogens is 5. The van der Waals surface area contributed by atoms with Gasteiger partial charge in [-0.2, -0.15) is 14.0 Å². The first kappa shape index (κ1) is 13.2. The van der Waals surface area contributed by atoms with E-state index in [1.165, 1.54) is 0 Å². The number of hydrogen-bond acceptors (Lipinski definition) is 3. The Bertz CT molecular complexity index is 414. The van der Waals surface area contributed by atoms with Crippen molar-refractivity contribution in [2.45, 2.75) is 18.7 Å². The first-order valence-electron chi connectivity index (χ1n) is 4.22. The number of rotatable bonds is 4. The summed E-state index contributed by atoms with van der Waals surface area (Å²) in [6, 6.07) is 3.54. The van der Waals surface area contributed by atoms with Crippen molar-refractivity contribution in [3.63, 3.8) is 0 Å². The Kier molecular flexibility index (Phi) is 3.83. The minimum Gasteiger partial charge on any atom is -0.429 e. The maximum atomic E-state index is 12.8. The number of hydrogen-bond donors (Lipinski definition) is 0. The second kappa shape index (κ2) is 4.95. The predicted molar refractivity (Wildman–Crippen MR) is 45.4 cm³/mol. The Hall–Kier alpha value is -1.91. The molecule has 0 spiro atoms. The van der Waals surface area contributed by atoms with Gasteiger partial charge in [-0.1, -0.05) is 0 Å². The maximum Gasteiger partial charge on any atom is 0.435 e. The molecule has 92 valence electrons. The minimum absolute atomic E-state index is 0.0775. The lowest BCUT2D eigenvalue weighted by atomic mass is 10.3. The summed E-state index contributed by atoms with van der Waals surface area (Å²) in [6.07, 6.45) is -11.6. The van der Waals surface area contributed by atoms with Crippen LogP contribution in [0.2, 0.25) is 0 Å². The van der Waals surface area contributed by atoms with Crippen LogP contribution in [-0.2, 0) is 0 Å². The summed E-state index contributed by atoms with van der Waals surface area (Å²) in [6.45, 7) is 0. The van der Waals surface area contributed by atoms with Crippen molar-refractivity contribution >= 4 is 0 Å². The highest BCUT2D eigenvalue weighted by Gasteiger charge is 2.49. The molecule has 1 rings (SSSR count). The molecule has 0 saturated heterocycles. The summed E-state index contributed by atoms with van der Waals surface area (Å²) >= 11 is 0. The summed E-state index contributed by atoms with van der Waals surface area (Å²) in [5.41, 5.74) is -0.0775. The van der Waals surface area contributed by atoms with Crippen LogP contribution in [0.4, 0.5) is 22.0 Å². The van der Waals surface area contributed by atoms with Crippen molar-refractivity contribution in [3.05, 3.63) is 24.0 Å². The monoisotopic (exact) mass is 252 g/mol. The second-order valence-electron chi connectivity index (χ2n) is 2.89. The zero-order chi connectivity index (χ0) is 13.1. The summed E-state index contributed by atoms with van der Waals surface area (Å²) in [5.74, 6) is -0.614. The molecule has 0 radical (unpaired) electrons. The van der Waals surface area contributed by atoms with E-state index in [9.17, 15) is 22.0 Å². The SMILES string of the molecule is N#Cc1ccc(OC(F)(F)C(F)C(F)F)cn1. The van der Waals surface area contributed by atoms with Crippen LogP contribution in [0.25, 0.3) is 0 Å². The van der Waals surface area contributed by atoms with Gasteiger partial charge in [0.2, 0.25) is 0 Å². The van der Waals surface area contributed by atoms with Gasteiger partial charge in [0.05, 0.1) is 6.20 Å². The molecule has 1 aromatic rings. The van der Waals surface area contributed by atoms with Crippen molar-refractivity contribution in [2.24, 2.45) is 0 Å². The zero-order valence-electron chi connectivity index (χ0n) is 8.08. The van der Waals surface area contributed by atoms with Gasteiger partial charge in [-0.25, -0.2) is 18.2 Å². The molecular formula is C9H5F5N2O. The lowest BCUT2D eigenvalue weighted by Gasteiger charge is -2.20. The van der Waals surface area contributed by atoms with E-state index in [2.05, 4.69) is 9.72 Å². The van der Waals surface area contributed by atoms with Gasteiger partial charge in [0.1, 0.15) is 17.5 Å². The van der Waals surface area contributed by atoms with Crippen LogP contribution >= 0.6 is 0 Å². The van der Waals surface area contributed by atoms with E-state index in [0.29, 0.717) is 6.20 Å². The molecule has 0 N–H and O–H groups in total. The Labute approximate surface area is 92.4 Å². The summed E-state index contributed by atoms with van der Waals surface area (Å²) in [4.78, 5) is 3.36. The average molecular weight is 252 g/mol. The molecule has 0 bridgehead atoms. The van der Waals surface area contributed by atoms with E-state index in [0.717, 1.165) is 12.1 Å². The molecule has 8 heteroatoms. The third-order valence-electron chi connectivity index (χ3n) is 1.65. The van der Waals surface area contributed by atoms with Gasteiger partial charge in [-0.05, 0) is 12.1 Å². The fourth-order valence-corrected chi connectivity index (χ4v) is 0.867. The summed E-state index contributed by atoms with van der Waals surface area (Å²) in [7, 11) is 0. The molecule has 0 aromatic carbocycles. The van der Waals surface area contributed by atoms with E-state index in [1.54, 1.807) is 6.07 Å². The van der Waals surface area contributed by atoms with Gasteiger partial charge in [-0.3, -0.25) is 0 Å². The summed E-state index contributed by atoms with van der Waals surface area (Å²) in [5, 5.41) is 8.36. The molecule has 1 atom stereocenters. The fourth-order valence-electron chi connectivity index (χ4n) is 0.867. The first-order valence-corrected chi connectivity index (χ1v) is 4.22. The minimum atomic E-state index is -4.66. The highest BCUT2D eigenvalue weighted by molar-refractivity contribution is 5.26. The van der Waals surface area contributed by atoms with E-state index in [-0.39, 0.29) is 5.69 Å². The van der Waals surface area contributed by atoms with Crippen LogP contribution in [-0.4, -0.2) is 23.7 Å². The molecular weight excluding hydrogens is 247 g/mol. The number of nitrogens with zero attached hydrogens (tertiary/aromatic N) is 2. The third-order valence-corrected chi connectivity index (χ3v) is 1.65. The molecule has 0 saturated carbocycles. The lowest BCUT2D eigenvalue weighted by molar-refractivity contribution is -0.244. The summed E-state index contributed by atoms with van der Waals surface area (Å²) < 4.78 is 65.2. The van der Waals surface area contributed by atoms with Crippen LogP contribution in [0, 0.1) is 11.3 Å². The molecule has 17 heavy (non-hydrogen) atoms. The van der Waals surface area contributed by atoms with Gasteiger partial charge in [0.15, 0.2) is 0 Å². The van der Waals surface area contributed by atoms with Gasteiger partial charge < -0.3 is 4.74 Å². The molecule has 1 unspecified atom stereocenters. The Morgan fingerprint density at radius 3 is 2.35 bits per heavy atom. The number of aromatic nitrogens is 1. The second-order valence-corrected chi connectivity index (χ2v) is 2.89. The van der Waals surface area contributed by atoms with Crippen LogP contribution in [0.15, 0.2) is 18.3 Å². The smallest absolute Gasteiger partial charge is 0.429 e. The van der Waals surface area contributed by atoms with Crippen molar-refractivity contribution in [1.82, 2.24) is 4.98 Å². The van der Waals surface area contributed by atoms with E-state index >= 15 is 0 Å². The van der Waals surface area contributed by atoms with Crippen LogP contribution in [0.3, 0.4) is 0 Å². The predicted octanol–water partition coefficient (Wildman–Crippen LogP) is 2.53. The Morgan fingerprint density at radius 1 is 1.29 bits per heavy atom. The van der Waals surface area contributed by atoms with Gasteiger partial charge >= 0.3 is 6.11 Å². The van der Waals surface area contributed by atoms with E-state index in [4.69, 9.17) is 5.26 Å². The van der Waals surface area contributed by atoms with Gasteiger partial charge in [0.25, 0.3) is 12.6 Å². The van der Waals surface area contributed by atoms with E-state index in [1.807, 2.05) is 0 Å². The molecule has 0 aliphatic carbocycles. The topological polar surface area (TPSA) is 45.9 Å². The maximum absolute atomic E-state index is 12.8. The molecule has 1 heterocycles. The molecule has 3 nitrogen and oxygen atoms in total. The van der Waals surface area contributed by atoms with Crippen LogP contribution in [0.1, 0.15) is 5.69 Å². The molecule has 0 amide bonds. The number of ether oxygens (including phenoxy) is 1. The van der Waals surface area contributed by atoms with E-state index < -0.39 is 24.5 Å². The third kappa shape index (κ3) is 3.27. The average Bonchev–Trinajstić information content (AvgIpc) is 2.28. The Balaban J connectivity index is 2.79. The number of alkyl halides is 5. The number of pyridine rings is 1. The van der Waals surface area contributed by atoms with Crippen LogP contribution in [0.5, 0.6) is 5.75 Å². The fraction of sp³-hybridized carbons (Fsp3) is 0.333. The molecule has 0 aliphatic rings. The molecule has 0 aliphatic heterocycles. The highest BCUT2D eigenvalue weighted by Crippen LogP contribution is 2.29. The molecule has 1 aromatic heterocycles. The quantitative estimate of drug-likeness (QED) is 0.773. The standard InChI is InChI=1S/C9H5F5N2O/c10-7(8(11)12)9(13,14)17-6-2-1-5(3-15)16-4-6/h1-2,4,7-8H. The van der Waals surface area contributed by atoms with Crippen molar-refractivity contribution < 1.29 is 26.7 Å².